The van der Waals surface area contributed by atoms with Gasteiger partial charge in [0, 0.05) is 25.1 Å². The van der Waals surface area contributed by atoms with Gasteiger partial charge < -0.3 is 16.0 Å². The number of primary amides is 1. The van der Waals surface area contributed by atoms with Crippen LogP contribution >= 0.6 is 11.5 Å². The Balaban J connectivity index is 1.47. The van der Waals surface area contributed by atoms with E-state index in [1.54, 1.807) is 6.20 Å². The molecule has 0 bridgehead atoms. The van der Waals surface area contributed by atoms with Gasteiger partial charge in [0.05, 0.1) is 11.9 Å². The summed E-state index contributed by atoms with van der Waals surface area (Å²) in [5.41, 5.74) is 8.51. The van der Waals surface area contributed by atoms with E-state index in [0.717, 1.165) is 35.6 Å². The van der Waals surface area contributed by atoms with Crippen LogP contribution in [0.3, 0.4) is 0 Å². The highest BCUT2D eigenvalue weighted by molar-refractivity contribution is 7.10. The van der Waals surface area contributed by atoms with Crippen molar-refractivity contribution in [3.8, 4) is 0 Å². The van der Waals surface area contributed by atoms with Crippen LogP contribution in [0.1, 0.15) is 72.1 Å². The second-order valence-corrected chi connectivity index (χ2v) is 11.0. The first-order valence-corrected chi connectivity index (χ1v) is 12.6. The predicted octanol–water partition coefficient (Wildman–Crippen LogP) is 4.87. The number of aryl methyl sites for hydroxylation is 1. The zero-order valence-electron chi connectivity index (χ0n) is 20.7. The molecule has 1 aliphatic rings. The lowest BCUT2D eigenvalue weighted by molar-refractivity contribution is 0.0954. The maximum Gasteiger partial charge on any atom is 0.271 e. The third kappa shape index (κ3) is 6.03. The summed E-state index contributed by atoms with van der Waals surface area (Å²) in [6, 6.07) is 9.86. The first-order valence-electron chi connectivity index (χ1n) is 11.9. The Bertz CT molecular complexity index is 1220. The van der Waals surface area contributed by atoms with Crippen LogP contribution in [0, 0.1) is 12.8 Å². The summed E-state index contributed by atoms with van der Waals surface area (Å²) in [6.07, 6.45) is 4.01. The Morgan fingerprint density at radius 3 is 2.60 bits per heavy atom. The van der Waals surface area contributed by atoms with Crippen molar-refractivity contribution < 1.29 is 9.59 Å². The number of nitrogens with two attached hydrogens (primary N) is 1. The molecule has 3 aromatic rings. The Hall–Kier alpha value is -3.33. The van der Waals surface area contributed by atoms with Gasteiger partial charge in [-0.25, -0.2) is 9.97 Å². The molecule has 9 heteroatoms. The Kier molecular flexibility index (Phi) is 7.16. The van der Waals surface area contributed by atoms with Crippen molar-refractivity contribution >= 4 is 39.9 Å². The minimum atomic E-state index is -0.646. The van der Waals surface area contributed by atoms with Gasteiger partial charge >= 0.3 is 0 Å². The van der Waals surface area contributed by atoms with Gasteiger partial charge in [-0.05, 0) is 54.3 Å². The zero-order valence-corrected chi connectivity index (χ0v) is 21.5. The summed E-state index contributed by atoms with van der Waals surface area (Å²) in [6.45, 7) is 9.91. The summed E-state index contributed by atoms with van der Waals surface area (Å²) < 4.78 is 4.25. The van der Waals surface area contributed by atoms with Crippen LogP contribution in [0.5, 0.6) is 0 Å². The SMILES string of the molecule is Cc1cc(Nc2nc(N3CCC[C@@H](CC(=O)c4ccc(C(C)(C)C)cc4)C3)cnc2C(N)=O)sn1. The van der Waals surface area contributed by atoms with Crippen molar-refractivity contribution in [3.05, 3.63) is 59.0 Å². The molecule has 8 nitrogen and oxygen atoms in total. The van der Waals surface area contributed by atoms with Gasteiger partial charge in [0.25, 0.3) is 5.91 Å². The summed E-state index contributed by atoms with van der Waals surface area (Å²) in [5, 5.41) is 3.90. The number of amides is 1. The van der Waals surface area contributed by atoms with Gasteiger partial charge in [0.2, 0.25) is 0 Å². The number of carbonyl (C=O) groups is 2. The summed E-state index contributed by atoms with van der Waals surface area (Å²) in [5.74, 6) is 0.709. The number of rotatable bonds is 7. The van der Waals surface area contributed by atoms with Crippen molar-refractivity contribution in [1.82, 2.24) is 14.3 Å². The number of hydrogen-bond donors (Lipinski definition) is 2. The average Bonchev–Trinajstić information content (AvgIpc) is 3.23. The molecule has 1 amide bonds. The highest BCUT2D eigenvalue weighted by Crippen LogP contribution is 2.29. The third-order valence-electron chi connectivity index (χ3n) is 6.25. The molecule has 184 valence electrons. The van der Waals surface area contributed by atoms with Crippen LogP contribution in [-0.4, -0.2) is 39.1 Å². The van der Waals surface area contributed by atoms with Crippen LogP contribution < -0.4 is 16.0 Å². The lowest BCUT2D eigenvalue weighted by atomic mass is 9.85. The Morgan fingerprint density at radius 1 is 1.23 bits per heavy atom. The normalized spacial score (nSPS) is 16.2. The fraction of sp³-hybridized carbons (Fsp3) is 0.423. The second-order valence-electron chi connectivity index (χ2n) is 10.2. The van der Waals surface area contributed by atoms with Crippen LogP contribution in [-0.2, 0) is 5.41 Å². The molecule has 3 N–H and O–H groups in total. The quantitative estimate of drug-likeness (QED) is 0.452. The van der Waals surface area contributed by atoms with Crippen LogP contribution in [0.25, 0.3) is 0 Å². The number of hydrogen-bond acceptors (Lipinski definition) is 8. The lowest BCUT2D eigenvalue weighted by Crippen LogP contribution is -2.37. The minimum absolute atomic E-state index is 0.0586. The topological polar surface area (TPSA) is 114 Å². The molecule has 0 aliphatic carbocycles. The number of ketones is 1. The van der Waals surface area contributed by atoms with E-state index in [4.69, 9.17) is 5.73 Å². The molecular formula is C26H32N6O2S. The monoisotopic (exact) mass is 492 g/mol. The molecule has 1 aliphatic heterocycles. The van der Waals surface area contributed by atoms with E-state index in [1.165, 1.54) is 17.1 Å². The molecule has 1 aromatic carbocycles. The Morgan fingerprint density at radius 2 is 1.97 bits per heavy atom. The van der Waals surface area contributed by atoms with E-state index in [0.29, 0.717) is 24.6 Å². The van der Waals surface area contributed by atoms with E-state index in [9.17, 15) is 9.59 Å². The van der Waals surface area contributed by atoms with E-state index in [2.05, 4.69) is 57.5 Å². The first-order chi connectivity index (χ1) is 16.6. The van der Waals surface area contributed by atoms with Crippen molar-refractivity contribution in [3.63, 3.8) is 0 Å². The van der Waals surface area contributed by atoms with E-state index in [-0.39, 0.29) is 22.8 Å². The lowest BCUT2D eigenvalue weighted by Gasteiger charge is -2.33. The molecular weight excluding hydrogens is 460 g/mol. The number of carbonyl (C=O) groups excluding carboxylic acids is 2. The third-order valence-corrected chi connectivity index (χ3v) is 7.05. The maximum atomic E-state index is 13.0. The Labute approximate surface area is 210 Å². The maximum absolute atomic E-state index is 13.0. The standard InChI is InChI=1S/C26H32N6O2S/c1-16-12-22(35-31-16)30-25-23(24(27)34)28-14-21(29-25)32-11-5-6-17(15-32)13-20(33)18-7-9-19(10-8-18)26(2,3)4/h7-10,12,14,17H,5-6,11,13,15H2,1-4H3,(H2,27,34)(H,29,30)/t17-/m0/s1. The summed E-state index contributed by atoms with van der Waals surface area (Å²) in [4.78, 5) is 36.0. The van der Waals surface area contributed by atoms with Crippen LogP contribution in [0.15, 0.2) is 36.5 Å². The van der Waals surface area contributed by atoms with E-state index >= 15 is 0 Å². The highest BCUT2D eigenvalue weighted by atomic mass is 32.1. The van der Waals surface area contributed by atoms with Crippen molar-refractivity contribution in [1.29, 1.82) is 0 Å². The van der Waals surface area contributed by atoms with Crippen LogP contribution in [0.2, 0.25) is 0 Å². The van der Waals surface area contributed by atoms with E-state index < -0.39 is 5.91 Å². The number of piperidine rings is 1. The molecule has 1 saturated heterocycles. The smallest absolute Gasteiger partial charge is 0.271 e. The van der Waals surface area contributed by atoms with Crippen molar-refractivity contribution in [2.75, 3.05) is 23.3 Å². The van der Waals surface area contributed by atoms with Gasteiger partial charge in [-0.2, -0.15) is 4.37 Å². The van der Waals surface area contributed by atoms with Crippen molar-refractivity contribution in [2.45, 2.75) is 52.4 Å². The molecule has 0 spiro atoms. The molecule has 1 atom stereocenters. The first kappa shape index (κ1) is 24.8. The molecule has 0 unspecified atom stereocenters. The summed E-state index contributed by atoms with van der Waals surface area (Å²) >= 11 is 1.28. The van der Waals surface area contributed by atoms with Gasteiger partial charge in [-0.15, -0.1) is 0 Å². The number of nitrogens with zero attached hydrogens (tertiary/aromatic N) is 4. The predicted molar refractivity (Wildman–Crippen MR) is 140 cm³/mol. The largest absolute Gasteiger partial charge is 0.364 e. The fourth-order valence-electron chi connectivity index (χ4n) is 4.31. The number of Topliss-reactive ketones (excluding diaryl/α,β-unsaturated/α-hetero) is 1. The number of nitrogens with one attached hydrogen (secondary N) is 1. The van der Waals surface area contributed by atoms with Crippen LogP contribution in [0.4, 0.5) is 16.6 Å². The number of benzene rings is 1. The highest BCUT2D eigenvalue weighted by Gasteiger charge is 2.25. The molecule has 4 rings (SSSR count). The zero-order chi connectivity index (χ0) is 25.2. The summed E-state index contributed by atoms with van der Waals surface area (Å²) in [7, 11) is 0. The average molecular weight is 493 g/mol. The fourth-order valence-corrected chi connectivity index (χ4v) is 4.98. The molecule has 1 fully saturated rings. The minimum Gasteiger partial charge on any atom is -0.364 e. The molecule has 2 aromatic heterocycles. The molecule has 0 saturated carbocycles. The number of aromatic nitrogens is 3. The van der Waals surface area contributed by atoms with Crippen molar-refractivity contribution in [2.24, 2.45) is 11.7 Å². The van der Waals surface area contributed by atoms with Gasteiger partial charge in [-0.1, -0.05) is 45.0 Å². The molecule has 3 heterocycles. The van der Waals surface area contributed by atoms with E-state index in [1.807, 2.05) is 25.1 Å². The van der Waals surface area contributed by atoms with Gasteiger partial charge in [0.15, 0.2) is 17.3 Å². The second kappa shape index (κ2) is 10.1. The number of anilines is 3. The van der Waals surface area contributed by atoms with Gasteiger partial charge in [0.1, 0.15) is 10.8 Å². The molecule has 35 heavy (non-hydrogen) atoms. The molecule has 0 radical (unpaired) electrons. The van der Waals surface area contributed by atoms with Gasteiger partial charge in [-0.3, -0.25) is 9.59 Å².